The van der Waals surface area contributed by atoms with Gasteiger partial charge < -0.3 is 15.0 Å². The molecule has 33 heavy (non-hydrogen) atoms. The van der Waals surface area contributed by atoms with Gasteiger partial charge in [0, 0.05) is 18.5 Å². The summed E-state index contributed by atoms with van der Waals surface area (Å²) in [6, 6.07) is 20.3. The number of benzene rings is 2. The van der Waals surface area contributed by atoms with Gasteiger partial charge in [0.1, 0.15) is 5.82 Å². The van der Waals surface area contributed by atoms with E-state index in [9.17, 15) is 9.59 Å². The maximum atomic E-state index is 13.2. The average Bonchev–Trinajstić information content (AvgIpc) is 2.87. The van der Waals surface area contributed by atoms with Gasteiger partial charge in [-0.3, -0.25) is 9.59 Å². The van der Waals surface area contributed by atoms with Gasteiger partial charge in [0.2, 0.25) is 0 Å². The Morgan fingerprint density at radius 3 is 2.39 bits per heavy atom. The molecule has 0 saturated carbocycles. The largest absolute Gasteiger partial charge is 0.378 e. The van der Waals surface area contributed by atoms with E-state index in [1.807, 2.05) is 36.4 Å². The lowest BCUT2D eigenvalue weighted by Gasteiger charge is -2.28. The highest BCUT2D eigenvalue weighted by Gasteiger charge is 2.18. The second kappa shape index (κ2) is 9.22. The molecule has 1 aliphatic heterocycles. The number of hydrogen-bond donors (Lipinski definition) is 1. The number of ether oxygens (including phenoxy) is 1. The fourth-order valence-corrected chi connectivity index (χ4v) is 3.91. The fourth-order valence-electron chi connectivity index (χ4n) is 3.91. The molecule has 1 fully saturated rings. The molecule has 5 rings (SSSR count). The van der Waals surface area contributed by atoms with Gasteiger partial charge in [-0.1, -0.05) is 48.5 Å². The summed E-state index contributed by atoms with van der Waals surface area (Å²) in [4.78, 5) is 32.8. The van der Waals surface area contributed by atoms with Gasteiger partial charge >= 0.3 is 0 Å². The third-order valence-corrected chi connectivity index (χ3v) is 5.62. The van der Waals surface area contributed by atoms with Crippen LogP contribution in [0.4, 0.5) is 11.5 Å². The third kappa shape index (κ3) is 4.47. The highest BCUT2D eigenvalue weighted by atomic mass is 16.5. The number of amides is 1. The van der Waals surface area contributed by atoms with Crippen molar-refractivity contribution in [3.63, 3.8) is 0 Å². The number of anilines is 2. The number of carbonyl (C=O) groups is 1. The predicted molar refractivity (Wildman–Crippen MR) is 127 cm³/mol. The molecule has 0 spiro atoms. The first-order valence-corrected chi connectivity index (χ1v) is 10.8. The van der Waals surface area contributed by atoms with Crippen molar-refractivity contribution < 1.29 is 9.53 Å². The quantitative estimate of drug-likeness (QED) is 0.512. The van der Waals surface area contributed by atoms with E-state index in [4.69, 9.17) is 4.74 Å². The number of fused-ring (bicyclic) bond motifs is 1. The van der Waals surface area contributed by atoms with E-state index < -0.39 is 5.91 Å². The van der Waals surface area contributed by atoms with Gasteiger partial charge in [-0.2, -0.15) is 5.10 Å². The van der Waals surface area contributed by atoms with Gasteiger partial charge in [0.05, 0.1) is 37.0 Å². The number of rotatable bonds is 5. The Hall–Kier alpha value is -4.04. The van der Waals surface area contributed by atoms with E-state index in [2.05, 4.69) is 20.3 Å². The van der Waals surface area contributed by atoms with E-state index in [1.54, 1.807) is 36.5 Å². The molecule has 4 aromatic rings. The van der Waals surface area contributed by atoms with Crippen molar-refractivity contribution in [2.45, 2.75) is 6.54 Å². The van der Waals surface area contributed by atoms with E-state index in [1.165, 1.54) is 4.68 Å². The predicted octanol–water partition coefficient (Wildman–Crippen LogP) is 2.93. The summed E-state index contributed by atoms with van der Waals surface area (Å²) in [5.41, 5.74) is 1.85. The van der Waals surface area contributed by atoms with Crippen molar-refractivity contribution in [1.82, 2.24) is 14.8 Å². The maximum Gasteiger partial charge on any atom is 0.277 e. The summed E-state index contributed by atoms with van der Waals surface area (Å²) in [5, 5.41) is 8.20. The molecule has 0 aliphatic carbocycles. The van der Waals surface area contributed by atoms with Crippen molar-refractivity contribution in [3.8, 4) is 0 Å². The van der Waals surface area contributed by atoms with Crippen LogP contribution in [0, 0.1) is 0 Å². The Labute approximate surface area is 190 Å². The molecule has 3 heterocycles. The van der Waals surface area contributed by atoms with Gasteiger partial charge in [0.15, 0.2) is 5.69 Å². The number of aromatic nitrogens is 3. The number of hydrogen-bond acceptors (Lipinski definition) is 6. The lowest BCUT2D eigenvalue weighted by molar-refractivity contribution is 0.102. The summed E-state index contributed by atoms with van der Waals surface area (Å²) in [6.07, 6.45) is 1.74. The standard InChI is InChI=1S/C25H23N5O3/c31-24(27-22-11-10-19(16-26-22)29-12-14-33-15-13-29)23-20-8-4-5-9-21(20)25(32)30(28-23)17-18-6-2-1-3-7-18/h1-11,16H,12-15,17H2,(H,26,27,31). The summed E-state index contributed by atoms with van der Waals surface area (Å²) in [6.45, 7) is 3.28. The highest BCUT2D eigenvalue weighted by molar-refractivity contribution is 6.10. The minimum Gasteiger partial charge on any atom is -0.378 e. The summed E-state index contributed by atoms with van der Waals surface area (Å²) in [5.74, 6) is 0.00309. The number of nitrogens with zero attached hydrogens (tertiary/aromatic N) is 4. The molecule has 0 atom stereocenters. The number of pyridine rings is 1. The van der Waals surface area contributed by atoms with Crippen LogP contribution in [0.5, 0.6) is 0 Å². The van der Waals surface area contributed by atoms with Crippen LogP contribution < -0.4 is 15.8 Å². The zero-order valence-corrected chi connectivity index (χ0v) is 18.0. The molecule has 2 aromatic heterocycles. The zero-order chi connectivity index (χ0) is 22.6. The Balaban J connectivity index is 1.44. The molecule has 2 aromatic carbocycles. The number of nitrogens with one attached hydrogen (secondary N) is 1. The minimum atomic E-state index is -0.417. The SMILES string of the molecule is O=C(Nc1ccc(N2CCOCC2)cn1)c1nn(Cc2ccccc2)c(=O)c2ccccc12. The van der Waals surface area contributed by atoms with Crippen LogP contribution in [0.15, 0.2) is 77.7 Å². The highest BCUT2D eigenvalue weighted by Crippen LogP contribution is 2.18. The van der Waals surface area contributed by atoms with Crippen molar-refractivity contribution in [2.24, 2.45) is 0 Å². The number of carbonyl (C=O) groups excluding carboxylic acids is 1. The van der Waals surface area contributed by atoms with E-state index in [-0.39, 0.29) is 17.8 Å². The molecular formula is C25H23N5O3. The van der Waals surface area contributed by atoms with Crippen molar-refractivity contribution in [3.05, 3.63) is 94.5 Å². The second-order valence-electron chi connectivity index (χ2n) is 7.80. The molecule has 1 aliphatic rings. The Morgan fingerprint density at radius 2 is 1.67 bits per heavy atom. The first kappa shape index (κ1) is 20.8. The van der Waals surface area contributed by atoms with Crippen LogP contribution in [0.1, 0.15) is 16.1 Å². The van der Waals surface area contributed by atoms with Crippen LogP contribution in [0.3, 0.4) is 0 Å². The number of morpholine rings is 1. The summed E-state index contributed by atoms with van der Waals surface area (Å²) < 4.78 is 6.72. The second-order valence-corrected chi connectivity index (χ2v) is 7.80. The molecule has 166 valence electrons. The Kier molecular flexibility index (Phi) is 5.82. The van der Waals surface area contributed by atoms with Gasteiger partial charge in [-0.15, -0.1) is 0 Å². The molecule has 8 heteroatoms. The van der Waals surface area contributed by atoms with Gasteiger partial charge in [-0.25, -0.2) is 9.67 Å². The lowest BCUT2D eigenvalue weighted by atomic mass is 10.1. The molecule has 0 unspecified atom stereocenters. The molecule has 1 saturated heterocycles. The molecular weight excluding hydrogens is 418 g/mol. The molecule has 0 radical (unpaired) electrons. The Morgan fingerprint density at radius 1 is 0.939 bits per heavy atom. The van der Waals surface area contributed by atoms with Crippen molar-refractivity contribution >= 4 is 28.2 Å². The third-order valence-electron chi connectivity index (χ3n) is 5.62. The lowest BCUT2D eigenvalue weighted by Crippen LogP contribution is -2.36. The monoisotopic (exact) mass is 441 g/mol. The first-order valence-electron chi connectivity index (χ1n) is 10.8. The van der Waals surface area contributed by atoms with Crippen molar-refractivity contribution in [1.29, 1.82) is 0 Å². The summed E-state index contributed by atoms with van der Waals surface area (Å²) >= 11 is 0. The molecule has 1 amide bonds. The van der Waals surface area contributed by atoms with E-state index in [0.29, 0.717) is 29.8 Å². The topological polar surface area (TPSA) is 89.3 Å². The van der Waals surface area contributed by atoms with Gasteiger partial charge in [-0.05, 0) is 23.8 Å². The summed E-state index contributed by atoms with van der Waals surface area (Å²) in [7, 11) is 0. The van der Waals surface area contributed by atoms with Crippen LogP contribution in [0.2, 0.25) is 0 Å². The zero-order valence-electron chi connectivity index (χ0n) is 18.0. The maximum absolute atomic E-state index is 13.2. The molecule has 0 bridgehead atoms. The normalized spacial score (nSPS) is 13.8. The molecule has 8 nitrogen and oxygen atoms in total. The smallest absolute Gasteiger partial charge is 0.277 e. The van der Waals surface area contributed by atoms with Crippen molar-refractivity contribution in [2.75, 3.05) is 36.5 Å². The van der Waals surface area contributed by atoms with Crippen LogP contribution in [0.25, 0.3) is 10.8 Å². The van der Waals surface area contributed by atoms with E-state index >= 15 is 0 Å². The van der Waals surface area contributed by atoms with Crippen LogP contribution in [-0.2, 0) is 11.3 Å². The Bertz CT molecular complexity index is 1330. The first-order chi connectivity index (χ1) is 16.2. The minimum absolute atomic E-state index is 0.181. The molecule has 1 N–H and O–H groups in total. The van der Waals surface area contributed by atoms with E-state index in [0.717, 1.165) is 24.3 Å². The van der Waals surface area contributed by atoms with Crippen LogP contribution >= 0.6 is 0 Å². The average molecular weight is 441 g/mol. The van der Waals surface area contributed by atoms with Crippen LogP contribution in [-0.4, -0.2) is 47.0 Å². The fraction of sp³-hybridized carbons (Fsp3) is 0.200. The van der Waals surface area contributed by atoms with Gasteiger partial charge in [0.25, 0.3) is 11.5 Å².